The molecule has 106 valence electrons. The van der Waals surface area contributed by atoms with Crippen molar-refractivity contribution in [3.8, 4) is 11.4 Å². The maximum absolute atomic E-state index is 12.2. The number of aromatic amines is 1. The van der Waals surface area contributed by atoms with Gasteiger partial charge in [0.15, 0.2) is 0 Å². The molecule has 1 heterocycles. The summed E-state index contributed by atoms with van der Waals surface area (Å²) in [6.45, 7) is 2.07. The van der Waals surface area contributed by atoms with E-state index in [1.807, 2.05) is 24.3 Å². The highest BCUT2D eigenvalue weighted by atomic mass is 32.2. The van der Waals surface area contributed by atoms with Gasteiger partial charge in [0, 0.05) is 24.5 Å². The molecule has 0 amide bonds. The molecule has 20 heavy (non-hydrogen) atoms. The van der Waals surface area contributed by atoms with E-state index >= 15 is 0 Å². The second-order valence-corrected chi connectivity index (χ2v) is 7.65. The molecule has 3 rings (SSSR count). The van der Waals surface area contributed by atoms with Crippen LogP contribution in [0.4, 0.5) is 0 Å². The Labute approximate surface area is 118 Å². The van der Waals surface area contributed by atoms with E-state index in [4.69, 9.17) is 0 Å². The summed E-state index contributed by atoms with van der Waals surface area (Å²) in [5, 5.41) is 0. The Bertz CT molecular complexity index is 704. The van der Waals surface area contributed by atoms with Crippen molar-refractivity contribution in [2.75, 3.05) is 0 Å². The molecular formula is C14H17N3O2S. The molecule has 1 aliphatic carbocycles. The predicted molar refractivity (Wildman–Crippen MR) is 77.4 cm³/mol. The molecule has 1 aromatic heterocycles. The van der Waals surface area contributed by atoms with E-state index in [1.54, 1.807) is 19.3 Å². The fraction of sp³-hybridized carbons (Fsp3) is 0.357. The molecule has 0 spiro atoms. The molecule has 1 aromatic carbocycles. The number of rotatable bonds is 5. The van der Waals surface area contributed by atoms with Gasteiger partial charge in [0.1, 0.15) is 5.82 Å². The molecule has 1 saturated carbocycles. The van der Waals surface area contributed by atoms with Crippen molar-refractivity contribution in [1.82, 2.24) is 14.7 Å². The van der Waals surface area contributed by atoms with E-state index in [9.17, 15) is 8.42 Å². The molecule has 2 N–H and O–H groups in total. The van der Waals surface area contributed by atoms with Crippen LogP contribution in [0.5, 0.6) is 0 Å². The average molecular weight is 291 g/mol. The van der Waals surface area contributed by atoms with E-state index < -0.39 is 14.8 Å². The zero-order valence-electron chi connectivity index (χ0n) is 11.3. The van der Waals surface area contributed by atoms with Crippen LogP contribution in [0.25, 0.3) is 11.4 Å². The SMILES string of the molecule is CC1(S(=O)(=O)NCc2ccccc2-c2ncc[nH]2)CC1. The molecule has 1 fully saturated rings. The maximum Gasteiger partial charge on any atom is 0.217 e. The highest BCUT2D eigenvalue weighted by molar-refractivity contribution is 7.91. The molecule has 0 unspecified atom stereocenters. The third-order valence-corrected chi connectivity index (χ3v) is 6.06. The average Bonchev–Trinajstić information content (AvgIpc) is 3.00. The molecule has 5 nitrogen and oxygen atoms in total. The highest BCUT2D eigenvalue weighted by Crippen LogP contribution is 2.42. The van der Waals surface area contributed by atoms with Crippen molar-refractivity contribution in [3.05, 3.63) is 42.2 Å². The normalized spacial score (nSPS) is 17.1. The summed E-state index contributed by atoms with van der Waals surface area (Å²) in [6.07, 6.45) is 4.91. The van der Waals surface area contributed by atoms with Crippen molar-refractivity contribution >= 4 is 10.0 Å². The van der Waals surface area contributed by atoms with Crippen molar-refractivity contribution in [2.45, 2.75) is 31.1 Å². The minimum Gasteiger partial charge on any atom is -0.345 e. The number of sulfonamides is 1. The Morgan fingerprint density at radius 3 is 2.75 bits per heavy atom. The topological polar surface area (TPSA) is 74.8 Å². The van der Waals surface area contributed by atoms with Crippen molar-refractivity contribution < 1.29 is 8.42 Å². The smallest absolute Gasteiger partial charge is 0.217 e. The van der Waals surface area contributed by atoms with Crippen molar-refractivity contribution in [1.29, 1.82) is 0 Å². The Balaban J connectivity index is 1.82. The molecule has 0 atom stereocenters. The molecule has 6 heteroatoms. The number of benzene rings is 1. The lowest BCUT2D eigenvalue weighted by Gasteiger charge is -2.13. The van der Waals surface area contributed by atoms with Crippen LogP contribution >= 0.6 is 0 Å². The number of imidazole rings is 1. The summed E-state index contributed by atoms with van der Waals surface area (Å²) in [6, 6.07) is 7.66. The highest BCUT2D eigenvalue weighted by Gasteiger charge is 2.49. The van der Waals surface area contributed by atoms with E-state index in [2.05, 4.69) is 14.7 Å². The summed E-state index contributed by atoms with van der Waals surface area (Å²) in [4.78, 5) is 7.27. The summed E-state index contributed by atoms with van der Waals surface area (Å²) in [5.74, 6) is 0.748. The molecule has 2 aromatic rings. The Hall–Kier alpha value is -1.66. The van der Waals surface area contributed by atoms with E-state index in [1.165, 1.54) is 0 Å². The first kappa shape index (κ1) is 13.3. The standard InChI is InChI=1S/C14H17N3O2S/c1-14(6-7-14)20(18,19)17-10-11-4-2-3-5-12(11)13-15-8-9-16-13/h2-5,8-9,17H,6-7,10H2,1H3,(H,15,16). The zero-order chi connectivity index (χ0) is 14.2. The third-order valence-electron chi connectivity index (χ3n) is 3.83. The molecule has 0 bridgehead atoms. The summed E-state index contributed by atoms with van der Waals surface area (Å²) in [5.41, 5.74) is 1.83. The lowest BCUT2D eigenvalue weighted by atomic mass is 10.1. The van der Waals surface area contributed by atoms with Crippen molar-refractivity contribution in [3.63, 3.8) is 0 Å². The number of nitrogens with zero attached hydrogens (tertiary/aromatic N) is 1. The van der Waals surface area contributed by atoms with Gasteiger partial charge in [-0.3, -0.25) is 0 Å². The van der Waals surface area contributed by atoms with E-state index in [-0.39, 0.29) is 6.54 Å². The molecule has 0 radical (unpaired) electrons. The lowest BCUT2D eigenvalue weighted by Crippen LogP contribution is -2.33. The molecule has 1 aliphatic rings. The molecule has 0 aliphatic heterocycles. The van der Waals surface area contributed by atoms with Crippen LogP contribution in [-0.4, -0.2) is 23.1 Å². The molecular weight excluding hydrogens is 274 g/mol. The van der Waals surface area contributed by atoms with Gasteiger partial charge in [-0.05, 0) is 25.3 Å². The van der Waals surface area contributed by atoms with Gasteiger partial charge in [0.25, 0.3) is 0 Å². The van der Waals surface area contributed by atoms with Crippen LogP contribution in [0.3, 0.4) is 0 Å². The van der Waals surface area contributed by atoms with Gasteiger partial charge in [-0.25, -0.2) is 18.1 Å². The predicted octanol–water partition coefficient (Wildman–Crippen LogP) is 2.05. The first-order chi connectivity index (χ1) is 9.52. The number of H-pyrrole nitrogens is 1. The van der Waals surface area contributed by atoms with Gasteiger partial charge in [0.05, 0.1) is 4.75 Å². The van der Waals surface area contributed by atoms with Gasteiger partial charge in [-0.2, -0.15) is 0 Å². The zero-order valence-corrected chi connectivity index (χ0v) is 12.1. The molecule has 0 saturated heterocycles. The Kier molecular flexibility index (Phi) is 3.14. The van der Waals surface area contributed by atoms with Gasteiger partial charge >= 0.3 is 0 Å². The lowest BCUT2D eigenvalue weighted by molar-refractivity contribution is 0.566. The third kappa shape index (κ3) is 2.36. The quantitative estimate of drug-likeness (QED) is 0.885. The fourth-order valence-electron chi connectivity index (χ4n) is 2.11. The summed E-state index contributed by atoms with van der Waals surface area (Å²) in [7, 11) is -3.25. The Morgan fingerprint density at radius 1 is 1.35 bits per heavy atom. The number of hydrogen-bond donors (Lipinski definition) is 2. The van der Waals surface area contributed by atoms with Gasteiger partial charge in [0.2, 0.25) is 10.0 Å². The maximum atomic E-state index is 12.2. The van der Waals surface area contributed by atoms with Crippen LogP contribution in [0, 0.1) is 0 Å². The second-order valence-electron chi connectivity index (χ2n) is 5.37. The van der Waals surface area contributed by atoms with Crippen LogP contribution in [0.1, 0.15) is 25.3 Å². The van der Waals surface area contributed by atoms with E-state index in [0.29, 0.717) is 0 Å². The first-order valence-electron chi connectivity index (χ1n) is 6.59. The van der Waals surface area contributed by atoms with Crippen LogP contribution in [-0.2, 0) is 16.6 Å². The van der Waals surface area contributed by atoms with Crippen molar-refractivity contribution in [2.24, 2.45) is 0 Å². The van der Waals surface area contributed by atoms with E-state index in [0.717, 1.165) is 29.8 Å². The Morgan fingerprint density at radius 2 is 2.10 bits per heavy atom. The minimum atomic E-state index is -3.25. The van der Waals surface area contributed by atoms with Crippen LogP contribution in [0.2, 0.25) is 0 Å². The van der Waals surface area contributed by atoms with Gasteiger partial charge < -0.3 is 4.98 Å². The first-order valence-corrected chi connectivity index (χ1v) is 8.07. The number of nitrogens with one attached hydrogen (secondary N) is 2. The second kappa shape index (κ2) is 4.71. The van der Waals surface area contributed by atoms with Crippen LogP contribution in [0.15, 0.2) is 36.7 Å². The minimum absolute atomic E-state index is 0.287. The largest absolute Gasteiger partial charge is 0.345 e. The summed E-state index contributed by atoms with van der Waals surface area (Å²) < 4.78 is 26.4. The number of hydrogen-bond acceptors (Lipinski definition) is 3. The van der Waals surface area contributed by atoms with Gasteiger partial charge in [-0.1, -0.05) is 24.3 Å². The van der Waals surface area contributed by atoms with Crippen LogP contribution < -0.4 is 4.72 Å². The fourth-order valence-corrected chi connectivity index (χ4v) is 3.44. The number of aromatic nitrogens is 2. The summed E-state index contributed by atoms with van der Waals surface area (Å²) >= 11 is 0. The monoisotopic (exact) mass is 291 g/mol. The van der Waals surface area contributed by atoms with Gasteiger partial charge in [-0.15, -0.1) is 0 Å².